The summed E-state index contributed by atoms with van der Waals surface area (Å²) in [4.78, 5) is 20.6. The van der Waals surface area contributed by atoms with Crippen LogP contribution in [0, 0.1) is 13.8 Å². The molecule has 0 saturated carbocycles. The van der Waals surface area contributed by atoms with Crippen LogP contribution in [0.25, 0.3) is 0 Å². The minimum Gasteiger partial charge on any atom is -0.465 e. The van der Waals surface area contributed by atoms with Gasteiger partial charge in [-0.1, -0.05) is 36.4 Å². The van der Waals surface area contributed by atoms with Crippen LogP contribution in [0.3, 0.4) is 0 Å². The summed E-state index contributed by atoms with van der Waals surface area (Å²) in [5.74, 6) is 0. The molecule has 0 saturated heterocycles. The summed E-state index contributed by atoms with van der Waals surface area (Å²) < 4.78 is 0. The fourth-order valence-corrected chi connectivity index (χ4v) is 1.96. The molecule has 0 aliphatic carbocycles. The van der Waals surface area contributed by atoms with E-state index in [0.29, 0.717) is 12.2 Å². The number of carbonyl (C=O) groups is 2. The molecule has 23 heavy (non-hydrogen) atoms. The van der Waals surface area contributed by atoms with Crippen LogP contribution in [0.4, 0.5) is 15.3 Å². The summed E-state index contributed by atoms with van der Waals surface area (Å²) in [6.45, 7) is 4.36. The Hall–Kier alpha value is -3.02. The second-order valence-electron chi connectivity index (χ2n) is 5.01. The van der Waals surface area contributed by atoms with E-state index in [4.69, 9.17) is 10.8 Å². The van der Waals surface area contributed by atoms with E-state index in [0.717, 1.165) is 16.7 Å². The first kappa shape index (κ1) is 18.0. The van der Waals surface area contributed by atoms with Crippen LogP contribution in [0.2, 0.25) is 0 Å². The number of urea groups is 1. The van der Waals surface area contributed by atoms with Gasteiger partial charge in [-0.15, -0.1) is 0 Å². The third-order valence-electron chi connectivity index (χ3n) is 2.78. The first-order chi connectivity index (χ1) is 10.9. The van der Waals surface area contributed by atoms with Crippen LogP contribution in [0.1, 0.15) is 16.7 Å². The Labute approximate surface area is 135 Å². The summed E-state index contributed by atoms with van der Waals surface area (Å²) in [6.07, 6.45) is -1.03. The number of amides is 3. The quantitative estimate of drug-likeness (QED) is 0.698. The zero-order valence-electron chi connectivity index (χ0n) is 13.2. The Balaban J connectivity index is 0.000000231. The summed E-state index contributed by atoms with van der Waals surface area (Å²) in [5, 5.41) is 13.2. The number of hydrogen-bond acceptors (Lipinski definition) is 2. The average Bonchev–Trinajstić information content (AvgIpc) is 2.45. The van der Waals surface area contributed by atoms with Crippen molar-refractivity contribution in [2.45, 2.75) is 20.4 Å². The van der Waals surface area contributed by atoms with E-state index in [2.05, 4.69) is 10.6 Å². The highest BCUT2D eigenvalue weighted by atomic mass is 16.4. The molecule has 0 radical (unpaired) electrons. The number of rotatable bonds is 3. The molecular weight excluding hydrogens is 294 g/mol. The molecule has 6 nitrogen and oxygen atoms in total. The van der Waals surface area contributed by atoms with Gasteiger partial charge in [-0.3, -0.25) is 5.32 Å². The van der Waals surface area contributed by atoms with E-state index >= 15 is 0 Å². The lowest BCUT2D eigenvalue weighted by molar-refractivity contribution is 0.209. The summed E-state index contributed by atoms with van der Waals surface area (Å²) in [5.41, 5.74) is 8.67. The predicted molar refractivity (Wildman–Crippen MR) is 90.4 cm³/mol. The molecule has 2 aromatic rings. The standard InChI is InChI=1S/C9H11NO2.C8H10N2O/c1-6-3-7(2)5-8(4-6)10-9(11)12;9-8(11)10-6-7-4-2-1-3-5-7/h3-5,10H,1-2H3,(H,11,12);1-5H,6H2,(H3,9,10,11). The molecule has 5 N–H and O–H groups in total. The number of nitrogens with two attached hydrogens (primary N) is 1. The van der Waals surface area contributed by atoms with Gasteiger partial charge in [0.25, 0.3) is 0 Å². The molecule has 0 aromatic heterocycles. The second-order valence-corrected chi connectivity index (χ2v) is 5.01. The zero-order chi connectivity index (χ0) is 17.2. The SMILES string of the molecule is Cc1cc(C)cc(NC(=O)O)c1.NC(=O)NCc1ccccc1. The molecule has 2 rings (SSSR count). The van der Waals surface area contributed by atoms with Crippen molar-refractivity contribution in [3.05, 3.63) is 65.2 Å². The van der Waals surface area contributed by atoms with E-state index in [1.807, 2.05) is 50.2 Å². The third-order valence-corrected chi connectivity index (χ3v) is 2.78. The van der Waals surface area contributed by atoms with Crippen molar-refractivity contribution in [1.82, 2.24) is 5.32 Å². The number of hydrogen-bond donors (Lipinski definition) is 4. The van der Waals surface area contributed by atoms with Crippen LogP contribution >= 0.6 is 0 Å². The topological polar surface area (TPSA) is 104 Å². The van der Waals surface area contributed by atoms with Gasteiger partial charge in [0.15, 0.2) is 0 Å². The lowest BCUT2D eigenvalue weighted by Crippen LogP contribution is -2.28. The van der Waals surface area contributed by atoms with Crippen molar-refractivity contribution >= 4 is 17.8 Å². The van der Waals surface area contributed by atoms with Gasteiger partial charge < -0.3 is 16.2 Å². The van der Waals surface area contributed by atoms with Crippen molar-refractivity contribution < 1.29 is 14.7 Å². The normalized spacial score (nSPS) is 9.30. The molecule has 0 aliphatic rings. The van der Waals surface area contributed by atoms with Crippen LogP contribution in [-0.2, 0) is 6.54 Å². The molecule has 0 aliphatic heterocycles. The first-order valence-electron chi connectivity index (χ1n) is 7.02. The van der Waals surface area contributed by atoms with E-state index in [1.54, 1.807) is 12.1 Å². The fourth-order valence-electron chi connectivity index (χ4n) is 1.96. The zero-order valence-corrected chi connectivity index (χ0v) is 13.2. The van der Waals surface area contributed by atoms with Gasteiger partial charge >= 0.3 is 12.1 Å². The van der Waals surface area contributed by atoms with Gasteiger partial charge in [0.1, 0.15) is 0 Å². The van der Waals surface area contributed by atoms with Gasteiger partial charge in [0.05, 0.1) is 0 Å². The van der Waals surface area contributed by atoms with Gasteiger partial charge in [0, 0.05) is 12.2 Å². The van der Waals surface area contributed by atoms with Gasteiger partial charge in [-0.05, 0) is 42.7 Å². The van der Waals surface area contributed by atoms with E-state index < -0.39 is 12.1 Å². The maximum atomic E-state index is 10.3. The number of benzene rings is 2. The van der Waals surface area contributed by atoms with E-state index in [1.165, 1.54) is 0 Å². The average molecular weight is 315 g/mol. The summed E-state index contributed by atoms with van der Waals surface area (Å²) in [7, 11) is 0. The van der Waals surface area contributed by atoms with Gasteiger partial charge in [0.2, 0.25) is 0 Å². The number of carbonyl (C=O) groups excluding carboxylic acids is 1. The van der Waals surface area contributed by atoms with Gasteiger partial charge in [-0.25, -0.2) is 9.59 Å². The molecule has 0 bridgehead atoms. The van der Waals surface area contributed by atoms with Crippen LogP contribution < -0.4 is 16.4 Å². The van der Waals surface area contributed by atoms with Crippen molar-refractivity contribution in [2.75, 3.05) is 5.32 Å². The molecule has 6 heteroatoms. The predicted octanol–water partition coefficient (Wildman–Crippen LogP) is 3.25. The van der Waals surface area contributed by atoms with Crippen molar-refractivity contribution in [3.8, 4) is 0 Å². The van der Waals surface area contributed by atoms with E-state index in [9.17, 15) is 9.59 Å². The molecular formula is C17H21N3O3. The highest BCUT2D eigenvalue weighted by molar-refractivity contribution is 5.83. The van der Waals surface area contributed by atoms with Crippen molar-refractivity contribution in [1.29, 1.82) is 0 Å². The Morgan fingerprint density at radius 1 is 1.04 bits per heavy atom. The number of carboxylic acid groups (broad SMARTS) is 1. The highest BCUT2D eigenvalue weighted by Gasteiger charge is 1.98. The van der Waals surface area contributed by atoms with Gasteiger partial charge in [-0.2, -0.15) is 0 Å². The Kier molecular flexibility index (Phi) is 7.13. The number of nitrogens with one attached hydrogen (secondary N) is 2. The molecule has 122 valence electrons. The smallest absolute Gasteiger partial charge is 0.409 e. The van der Waals surface area contributed by atoms with Crippen LogP contribution in [0.5, 0.6) is 0 Å². The lowest BCUT2D eigenvalue weighted by Gasteiger charge is -2.03. The summed E-state index contributed by atoms with van der Waals surface area (Å²) in [6, 6.07) is 14.7. The summed E-state index contributed by atoms with van der Waals surface area (Å²) >= 11 is 0. The fraction of sp³-hybridized carbons (Fsp3) is 0.176. The molecule has 0 spiro atoms. The second kappa shape index (κ2) is 9.09. The van der Waals surface area contributed by atoms with E-state index in [-0.39, 0.29) is 0 Å². The molecule has 0 heterocycles. The maximum absolute atomic E-state index is 10.3. The largest absolute Gasteiger partial charge is 0.465 e. The molecule has 2 aromatic carbocycles. The van der Waals surface area contributed by atoms with Crippen molar-refractivity contribution in [3.63, 3.8) is 0 Å². The lowest BCUT2D eigenvalue weighted by atomic mass is 10.1. The Morgan fingerprint density at radius 3 is 2.09 bits per heavy atom. The van der Waals surface area contributed by atoms with Crippen molar-refractivity contribution in [2.24, 2.45) is 5.73 Å². The van der Waals surface area contributed by atoms with Crippen LogP contribution in [-0.4, -0.2) is 17.2 Å². The number of aryl methyl sites for hydroxylation is 2. The molecule has 0 atom stereocenters. The number of primary amides is 1. The third kappa shape index (κ3) is 8.11. The Bertz CT molecular complexity index is 637. The molecule has 0 unspecified atom stereocenters. The maximum Gasteiger partial charge on any atom is 0.409 e. The monoisotopic (exact) mass is 315 g/mol. The Morgan fingerprint density at radius 2 is 1.61 bits per heavy atom. The van der Waals surface area contributed by atoms with Crippen LogP contribution in [0.15, 0.2) is 48.5 Å². The first-order valence-corrected chi connectivity index (χ1v) is 7.02. The highest BCUT2D eigenvalue weighted by Crippen LogP contribution is 2.13. The minimum atomic E-state index is -1.03. The minimum absolute atomic E-state index is 0.492. The molecule has 0 fully saturated rings. The number of anilines is 1. The molecule has 3 amide bonds.